The summed E-state index contributed by atoms with van der Waals surface area (Å²) in [5, 5.41) is 8.11. The number of aromatic nitrogens is 3. The van der Waals surface area contributed by atoms with Crippen molar-refractivity contribution in [1.82, 2.24) is 19.5 Å². The Morgan fingerprint density at radius 2 is 2.06 bits per heavy atom. The van der Waals surface area contributed by atoms with Gasteiger partial charge < -0.3 is 15.0 Å². The van der Waals surface area contributed by atoms with Crippen LogP contribution in [0, 0.1) is 18.8 Å². The van der Waals surface area contributed by atoms with Gasteiger partial charge in [0.25, 0.3) is 0 Å². The number of piperidine rings is 1. The first-order valence-corrected chi connectivity index (χ1v) is 12.1. The summed E-state index contributed by atoms with van der Waals surface area (Å²) in [7, 11) is 0. The molecule has 2 saturated heterocycles. The van der Waals surface area contributed by atoms with Gasteiger partial charge in [0.2, 0.25) is 5.91 Å². The van der Waals surface area contributed by atoms with Gasteiger partial charge in [0.1, 0.15) is 5.82 Å². The van der Waals surface area contributed by atoms with Crippen molar-refractivity contribution < 1.29 is 9.53 Å². The molecule has 2 fully saturated rings. The topological polar surface area (TPSA) is 71.8 Å². The van der Waals surface area contributed by atoms with E-state index in [2.05, 4.69) is 51.5 Å². The normalized spacial score (nSPS) is 19.6. The highest BCUT2D eigenvalue weighted by Gasteiger charge is 2.30. The fourth-order valence-electron chi connectivity index (χ4n) is 4.65. The maximum atomic E-state index is 12.6. The van der Waals surface area contributed by atoms with Crippen LogP contribution in [0.4, 0.5) is 5.82 Å². The highest BCUT2D eigenvalue weighted by Crippen LogP contribution is 2.28. The summed E-state index contributed by atoms with van der Waals surface area (Å²) in [6, 6.07) is 10.4. The molecule has 32 heavy (non-hydrogen) atoms. The molecule has 8 heteroatoms. The predicted octanol–water partition coefficient (Wildman–Crippen LogP) is 4.15. The van der Waals surface area contributed by atoms with E-state index in [1.165, 1.54) is 5.56 Å². The second-order valence-corrected chi connectivity index (χ2v) is 9.63. The van der Waals surface area contributed by atoms with Crippen LogP contribution < -0.4 is 5.32 Å². The molecule has 0 spiro atoms. The second-order valence-electron chi connectivity index (χ2n) is 8.78. The zero-order valence-electron chi connectivity index (χ0n) is 18.3. The third-order valence-electron chi connectivity index (χ3n) is 6.63. The lowest BCUT2D eigenvalue weighted by Gasteiger charge is -2.33. The van der Waals surface area contributed by atoms with Crippen molar-refractivity contribution in [2.24, 2.45) is 11.8 Å². The first-order valence-electron chi connectivity index (χ1n) is 11.3. The van der Waals surface area contributed by atoms with Crippen LogP contribution in [-0.2, 0) is 9.53 Å². The lowest BCUT2D eigenvalue weighted by atomic mass is 9.95. The number of amides is 1. The van der Waals surface area contributed by atoms with Crippen LogP contribution in [0.5, 0.6) is 0 Å². The number of anilines is 1. The van der Waals surface area contributed by atoms with E-state index in [9.17, 15) is 4.79 Å². The van der Waals surface area contributed by atoms with E-state index in [1.54, 1.807) is 6.20 Å². The summed E-state index contributed by atoms with van der Waals surface area (Å²) in [6.45, 7) is 5.90. The van der Waals surface area contributed by atoms with Gasteiger partial charge in [0, 0.05) is 37.9 Å². The molecular formula is C24H28BrN5O2. The molecule has 7 nitrogen and oxygen atoms in total. The fraction of sp³-hybridized carbons (Fsp3) is 0.458. The van der Waals surface area contributed by atoms with Crippen molar-refractivity contribution in [2.45, 2.75) is 26.2 Å². The molecule has 0 saturated carbocycles. The van der Waals surface area contributed by atoms with Crippen LogP contribution in [0.3, 0.4) is 0 Å². The van der Waals surface area contributed by atoms with E-state index in [4.69, 9.17) is 9.72 Å². The molecule has 0 bridgehead atoms. The highest BCUT2D eigenvalue weighted by atomic mass is 79.9. The number of aryl methyl sites for hydroxylation is 1. The van der Waals surface area contributed by atoms with E-state index in [-0.39, 0.29) is 11.8 Å². The summed E-state index contributed by atoms with van der Waals surface area (Å²) in [5.41, 5.74) is 4.04. The maximum absolute atomic E-state index is 12.6. The average molecular weight is 498 g/mol. The minimum absolute atomic E-state index is 0.0629. The Bertz CT molecular complexity index is 1120. The minimum atomic E-state index is 0.0629. The number of hydrogen-bond donors (Lipinski definition) is 1. The molecule has 3 aromatic rings. The van der Waals surface area contributed by atoms with E-state index in [0.29, 0.717) is 19.1 Å². The Morgan fingerprint density at radius 1 is 1.25 bits per heavy atom. The number of carbonyl (C=O) groups excluding carboxylic acids is 1. The van der Waals surface area contributed by atoms with Gasteiger partial charge in [0.15, 0.2) is 5.65 Å². The molecule has 1 amide bonds. The summed E-state index contributed by atoms with van der Waals surface area (Å²) in [4.78, 5) is 19.5. The van der Waals surface area contributed by atoms with Crippen molar-refractivity contribution in [2.75, 3.05) is 38.2 Å². The molecule has 1 unspecified atom stereocenters. The van der Waals surface area contributed by atoms with Gasteiger partial charge in [-0.05, 0) is 53.6 Å². The molecule has 2 aromatic heterocycles. The van der Waals surface area contributed by atoms with Crippen molar-refractivity contribution in [3.05, 3.63) is 46.6 Å². The molecule has 5 rings (SSSR count). The van der Waals surface area contributed by atoms with Gasteiger partial charge in [-0.3, -0.25) is 4.79 Å². The van der Waals surface area contributed by atoms with Crippen LogP contribution in [0.15, 0.2) is 41.0 Å². The molecule has 2 aliphatic heterocycles. The highest BCUT2D eigenvalue weighted by molar-refractivity contribution is 9.10. The number of rotatable bonds is 5. The Balaban J connectivity index is 1.28. The molecule has 4 heterocycles. The van der Waals surface area contributed by atoms with Crippen LogP contribution in [0.2, 0.25) is 0 Å². The maximum Gasteiger partial charge on any atom is 0.228 e. The SMILES string of the molecule is Cc1ccccc1-c1cc(NCC2CCN(C(=O)C3CCOC3)CC2)n2ncc(Br)c2n1. The van der Waals surface area contributed by atoms with Gasteiger partial charge >= 0.3 is 0 Å². The first-order chi connectivity index (χ1) is 15.6. The number of carbonyl (C=O) groups is 1. The Labute approximate surface area is 196 Å². The average Bonchev–Trinajstić information content (AvgIpc) is 3.48. The fourth-order valence-corrected chi connectivity index (χ4v) is 5.00. The lowest BCUT2D eigenvalue weighted by Crippen LogP contribution is -2.43. The van der Waals surface area contributed by atoms with Crippen molar-refractivity contribution in [3.63, 3.8) is 0 Å². The Kier molecular flexibility index (Phi) is 6.15. The minimum Gasteiger partial charge on any atom is -0.381 e. The van der Waals surface area contributed by atoms with Gasteiger partial charge in [-0.2, -0.15) is 9.61 Å². The number of benzene rings is 1. The molecule has 0 radical (unpaired) electrons. The zero-order chi connectivity index (χ0) is 22.1. The van der Waals surface area contributed by atoms with Gasteiger partial charge in [-0.1, -0.05) is 24.3 Å². The molecule has 0 aliphatic carbocycles. The third-order valence-corrected chi connectivity index (χ3v) is 7.19. The van der Waals surface area contributed by atoms with Crippen LogP contribution in [0.1, 0.15) is 24.8 Å². The lowest BCUT2D eigenvalue weighted by molar-refractivity contribution is -0.136. The number of likely N-dealkylation sites (tertiary alicyclic amines) is 1. The molecular weight excluding hydrogens is 470 g/mol. The zero-order valence-corrected chi connectivity index (χ0v) is 19.8. The summed E-state index contributed by atoms with van der Waals surface area (Å²) in [5.74, 6) is 1.78. The largest absolute Gasteiger partial charge is 0.381 e. The van der Waals surface area contributed by atoms with Gasteiger partial charge in [-0.25, -0.2) is 4.98 Å². The van der Waals surface area contributed by atoms with Crippen LogP contribution >= 0.6 is 15.9 Å². The monoisotopic (exact) mass is 497 g/mol. The standard InChI is InChI=1S/C24H28BrN5O2/c1-16-4-2-3-5-19(16)21-12-22(30-23(28-21)20(25)14-27-30)26-13-17-6-9-29(10-7-17)24(31)18-8-11-32-15-18/h2-5,12,14,17-18,26H,6-11,13,15H2,1H3. The smallest absolute Gasteiger partial charge is 0.228 e. The molecule has 1 N–H and O–H groups in total. The Morgan fingerprint density at radius 3 is 2.81 bits per heavy atom. The molecule has 1 atom stereocenters. The van der Waals surface area contributed by atoms with Crippen molar-refractivity contribution in [1.29, 1.82) is 0 Å². The van der Waals surface area contributed by atoms with Gasteiger partial charge in [0.05, 0.1) is 28.9 Å². The number of nitrogens with one attached hydrogen (secondary N) is 1. The van der Waals surface area contributed by atoms with Crippen molar-refractivity contribution >= 4 is 33.3 Å². The quantitative estimate of drug-likeness (QED) is 0.572. The van der Waals surface area contributed by atoms with E-state index in [0.717, 1.165) is 66.1 Å². The van der Waals surface area contributed by atoms with Crippen LogP contribution in [0.25, 0.3) is 16.9 Å². The van der Waals surface area contributed by atoms with Gasteiger partial charge in [-0.15, -0.1) is 0 Å². The van der Waals surface area contributed by atoms with E-state index in [1.807, 2.05) is 21.5 Å². The first kappa shape index (κ1) is 21.4. The van der Waals surface area contributed by atoms with Crippen LogP contribution in [-0.4, -0.2) is 58.3 Å². The predicted molar refractivity (Wildman–Crippen MR) is 128 cm³/mol. The second kappa shape index (κ2) is 9.19. The molecule has 168 valence electrons. The Hall–Kier alpha value is -2.45. The van der Waals surface area contributed by atoms with E-state index < -0.39 is 0 Å². The number of ether oxygens (including phenoxy) is 1. The summed E-state index contributed by atoms with van der Waals surface area (Å²) >= 11 is 3.58. The number of hydrogen-bond acceptors (Lipinski definition) is 5. The molecule has 2 aliphatic rings. The number of nitrogens with zero attached hydrogens (tertiary/aromatic N) is 4. The summed E-state index contributed by atoms with van der Waals surface area (Å²) < 4.78 is 8.11. The third kappa shape index (κ3) is 4.26. The van der Waals surface area contributed by atoms with Crippen molar-refractivity contribution in [3.8, 4) is 11.3 Å². The molecule has 1 aromatic carbocycles. The number of halogens is 1. The number of fused-ring (bicyclic) bond motifs is 1. The summed E-state index contributed by atoms with van der Waals surface area (Å²) in [6.07, 6.45) is 4.66. The van der Waals surface area contributed by atoms with E-state index >= 15 is 0 Å².